The normalized spacial score (nSPS) is 12.4. The van der Waals surface area contributed by atoms with Crippen LogP contribution in [0, 0.1) is 4.51 Å². The number of hydrogen-bond donors (Lipinski definition) is 0. The molecule has 0 fully saturated rings. The molecule has 18 heavy (non-hydrogen) atoms. The molecule has 1 aromatic rings. The second kappa shape index (κ2) is 5.49. The summed E-state index contributed by atoms with van der Waals surface area (Å²) < 4.78 is 0.525. The summed E-state index contributed by atoms with van der Waals surface area (Å²) in [7, 11) is 6.10. The van der Waals surface area contributed by atoms with Gasteiger partial charge in [0.15, 0.2) is 0 Å². The van der Waals surface area contributed by atoms with Crippen LogP contribution in [-0.4, -0.2) is 39.1 Å². The van der Waals surface area contributed by atoms with E-state index in [1.54, 1.807) is 0 Å². The van der Waals surface area contributed by atoms with Gasteiger partial charge in [0.25, 0.3) is 0 Å². The topological polar surface area (TPSA) is 23.6 Å². The summed E-state index contributed by atoms with van der Waals surface area (Å²) in [5.41, 5.74) is 1.87. The molecule has 102 valence electrons. The molecular weight excluding hydrogens is 244 g/mol. The molecule has 0 spiro atoms. The minimum absolute atomic E-state index is 0.0438. The van der Waals surface area contributed by atoms with E-state index in [1.165, 1.54) is 0 Å². The van der Waals surface area contributed by atoms with Gasteiger partial charge in [-0.1, -0.05) is 33.0 Å². The maximum atomic E-state index is 11.9. The van der Waals surface area contributed by atoms with Gasteiger partial charge < -0.3 is 9.80 Å². The summed E-state index contributed by atoms with van der Waals surface area (Å²) in [5.74, 6) is 0. The van der Waals surface area contributed by atoms with Crippen LogP contribution in [0.15, 0.2) is 4.79 Å². The first-order valence-corrected chi connectivity index (χ1v) is 6.76. The SMILES string of the molecule is CN(C)CCCN(C)c1c(C(C)(C)C)c(=S)c1=O. The summed E-state index contributed by atoms with van der Waals surface area (Å²) in [4.78, 5) is 16.1. The zero-order valence-electron chi connectivity index (χ0n) is 12.3. The van der Waals surface area contributed by atoms with Crippen LogP contribution in [0.2, 0.25) is 0 Å². The molecule has 3 nitrogen and oxygen atoms in total. The van der Waals surface area contributed by atoms with Crippen molar-refractivity contribution < 1.29 is 0 Å². The lowest BCUT2D eigenvalue weighted by atomic mass is 9.82. The smallest absolute Gasteiger partial charge is 0.220 e. The highest BCUT2D eigenvalue weighted by atomic mass is 32.1. The Hall–Kier alpha value is -0.740. The van der Waals surface area contributed by atoms with Crippen molar-refractivity contribution in [2.24, 2.45) is 0 Å². The van der Waals surface area contributed by atoms with E-state index in [0.717, 1.165) is 30.8 Å². The maximum Gasteiger partial charge on any atom is 0.220 e. The van der Waals surface area contributed by atoms with Gasteiger partial charge in [-0.25, -0.2) is 0 Å². The Morgan fingerprint density at radius 3 is 2.11 bits per heavy atom. The fourth-order valence-corrected chi connectivity index (χ4v) is 2.68. The van der Waals surface area contributed by atoms with E-state index in [-0.39, 0.29) is 10.8 Å². The molecule has 0 aliphatic heterocycles. The average molecular weight is 268 g/mol. The van der Waals surface area contributed by atoms with Gasteiger partial charge >= 0.3 is 0 Å². The molecule has 0 aliphatic rings. The van der Waals surface area contributed by atoms with Crippen molar-refractivity contribution in [1.82, 2.24) is 4.90 Å². The lowest BCUT2D eigenvalue weighted by Gasteiger charge is -2.31. The number of anilines is 1. The third-order valence-electron chi connectivity index (χ3n) is 3.12. The lowest BCUT2D eigenvalue weighted by Crippen LogP contribution is -2.35. The largest absolute Gasteiger partial charge is 0.371 e. The summed E-state index contributed by atoms with van der Waals surface area (Å²) in [6.07, 6.45) is 1.05. The van der Waals surface area contributed by atoms with E-state index in [4.69, 9.17) is 12.2 Å². The molecule has 0 atom stereocenters. The van der Waals surface area contributed by atoms with Gasteiger partial charge in [0.05, 0.1) is 10.2 Å². The van der Waals surface area contributed by atoms with Crippen LogP contribution in [0.25, 0.3) is 0 Å². The van der Waals surface area contributed by atoms with E-state index in [2.05, 4.69) is 44.7 Å². The Labute approximate surface area is 115 Å². The molecule has 0 bridgehead atoms. The third-order valence-corrected chi connectivity index (χ3v) is 3.51. The second-order valence-corrected chi connectivity index (χ2v) is 6.62. The summed E-state index contributed by atoms with van der Waals surface area (Å²) >= 11 is 5.18. The van der Waals surface area contributed by atoms with Crippen molar-refractivity contribution in [2.45, 2.75) is 32.6 Å². The Balaban J connectivity index is 2.82. The predicted octanol–water partition coefficient (Wildman–Crippen LogP) is 2.34. The first-order valence-electron chi connectivity index (χ1n) is 6.36. The maximum absolute atomic E-state index is 11.9. The first-order chi connectivity index (χ1) is 8.16. The van der Waals surface area contributed by atoms with E-state index in [1.807, 2.05) is 7.05 Å². The molecule has 1 aromatic carbocycles. The Bertz CT molecular complexity index is 479. The molecule has 0 saturated carbocycles. The van der Waals surface area contributed by atoms with Crippen LogP contribution in [-0.2, 0) is 5.41 Å². The van der Waals surface area contributed by atoms with Crippen molar-refractivity contribution in [1.29, 1.82) is 0 Å². The molecular formula is C14H24N2OS. The summed E-state index contributed by atoms with van der Waals surface area (Å²) in [6.45, 7) is 8.24. The standard InChI is InChI=1S/C14H24N2OS/c1-14(2,3)10-11(12(17)13(10)18)16(6)9-7-8-15(4)5/h7-9H2,1-6H3. The highest BCUT2D eigenvalue weighted by Crippen LogP contribution is 2.32. The summed E-state index contributed by atoms with van der Waals surface area (Å²) in [6, 6.07) is 0. The van der Waals surface area contributed by atoms with Crippen LogP contribution in [0.1, 0.15) is 32.8 Å². The zero-order valence-corrected chi connectivity index (χ0v) is 13.1. The predicted molar refractivity (Wildman–Crippen MR) is 81.1 cm³/mol. The number of nitrogens with zero attached hydrogens (tertiary/aromatic N) is 2. The van der Waals surface area contributed by atoms with E-state index < -0.39 is 0 Å². The van der Waals surface area contributed by atoms with E-state index >= 15 is 0 Å². The number of hydrogen-bond acceptors (Lipinski definition) is 4. The molecule has 0 aromatic heterocycles. The molecule has 0 aliphatic carbocycles. The quantitative estimate of drug-likeness (QED) is 0.765. The molecule has 0 radical (unpaired) electrons. The fourth-order valence-electron chi connectivity index (χ4n) is 2.18. The van der Waals surface area contributed by atoms with Crippen LogP contribution in [0.5, 0.6) is 0 Å². The molecule has 0 unspecified atom stereocenters. The molecule has 1 rings (SSSR count). The minimum atomic E-state index is -0.0455. The zero-order chi connectivity index (χ0) is 14.1. The van der Waals surface area contributed by atoms with Crippen molar-refractivity contribution in [2.75, 3.05) is 39.1 Å². The van der Waals surface area contributed by atoms with Crippen molar-refractivity contribution in [3.8, 4) is 0 Å². The molecule has 0 amide bonds. The van der Waals surface area contributed by atoms with Gasteiger partial charge in [0.2, 0.25) is 5.43 Å². The second-order valence-electron chi connectivity index (χ2n) is 6.21. The third kappa shape index (κ3) is 3.18. The monoisotopic (exact) mass is 268 g/mol. The van der Waals surface area contributed by atoms with Gasteiger partial charge in [-0.2, -0.15) is 0 Å². The highest BCUT2D eigenvalue weighted by molar-refractivity contribution is 7.71. The van der Waals surface area contributed by atoms with E-state index in [0.29, 0.717) is 4.51 Å². The Morgan fingerprint density at radius 1 is 1.11 bits per heavy atom. The van der Waals surface area contributed by atoms with E-state index in [9.17, 15) is 4.79 Å². The lowest BCUT2D eigenvalue weighted by molar-refractivity contribution is 0.401. The average Bonchev–Trinajstić information content (AvgIpc) is 2.21. The molecule has 0 heterocycles. The summed E-state index contributed by atoms with van der Waals surface area (Å²) in [5, 5.41) is 0. The van der Waals surface area contributed by atoms with Gasteiger partial charge in [-0.05, 0) is 32.5 Å². The van der Waals surface area contributed by atoms with Gasteiger partial charge in [0, 0.05) is 19.2 Å². The van der Waals surface area contributed by atoms with Gasteiger partial charge in [0.1, 0.15) is 0 Å². The first kappa shape index (κ1) is 15.3. The Morgan fingerprint density at radius 2 is 1.67 bits per heavy atom. The van der Waals surface area contributed by atoms with Crippen LogP contribution in [0.3, 0.4) is 0 Å². The van der Waals surface area contributed by atoms with Crippen molar-refractivity contribution >= 4 is 17.9 Å². The fraction of sp³-hybridized carbons (Fsp3) is 0.714. The Kier molecular flexibility index (Phi) is 4.67. The van der Waals surface area contributed by atoms with Gasteiger partial charge in [-0.3, -0.25) is 4.79 Å². The molecule has 0 saturated heterocycles. The van der Waals surface area contributed by atoms with Crippen LogP contribution >= 0.6 is 12.2 Å². The van der Waals surface area contributed by atoms with Crippen LogP contribution in [0.4, 0.5) is 5.69 Å². The minimum Gasteiger partial charge on any atom is -0.371 e. The van der Waals surface area contributed by atoms with Gasteiger partial charge in [-0.15, -0.1) is 0 Å². The van der Waals surface area contributed by atoms with Crippen molar-refractivity contribution in [3.05, 3.63) is 20.3 Å². The highest BCUT2D eigenvalue weighted by Gasteiger charge is 2.29. The molecule has 4 heteroatoms. The number of rotatable bonds is 5. The molecule has 0 N–H and O–H groups in total. The van der Waals surface area contributed by atoms with Crippen LogP contribution < -0.4 is 10.3 Å². The van der Waals surface area contributed by atoms with Crippen molar-refractivity contribution in [3.63, 3.8) is 0 Å².